The fourth-order valence-electron chi connectivity index (χ4n) is 2.41. The number of aromatic hydroxyl groups is 2. The average molecular weight is 386 g/mol. The number of carboxylic acids is 2. The van der Waals surface area contributed by atoms with Crippen molar-refractivity contribution in [1.82, 2.24) is 0 Å². The molecular formula is C20H18O8. The molecule has 0 bridgehead atoms. The van der Waals surface area contributed by atoms with Crippen LogP contribution in [0.15, 0.2) is 47.5 Å². The Balaban J connectivity index is 2.60. The van der Waals surface area contributed by atoms with Gasteiger partial charge in [-0.2, -0.15) is 0 Å². The predicted octanol–water partition coefficient (Wildman–Crippen LogP) is 2.75. The molecule has 0 aliphatic rings. The first-order valence-electron chi connectivity index (χ1n) is 7.91. The lowest BCUT2D eigenvalue weighted by Gasteiger charge is -2.08. The molecule has 0 radical (unpaired) electrons. The Morgan fingerprint density at radius 2 is 1.11 bits per heavy atom. The van der Waals surface area contributed by atoms with Gasteiger partial charge in [-0.1, -0.05) is 12.1 Å². The number of aliphatic carboxylic acids is 2. The van der Waals surface area contributed by atoms with Gasteiger partial charge in [0.25, 0.3) is 0 Å². The zero-order chi connectivity index (χ0) is 20.8. The number of ether oxygens (including phenoxy) is 2. The summed E-state index contributed by atoms with van der Waals surface area (Å²) >= 11 is 0. The molecule has 2 rings (SSSR count). The highest BCUT2D eigenvalue weighted by Crippen LogP contribution is 2.30. The van der Waals surface area contributed by atoms with Crippen LogP contribution in [0.2, 0.25) is 0 Å². The van der Waals surface area contributed by atoms with Gasteiger partial charge in [-0.05, 0) is 47.5 Å². The fraction of sp³-hybridized carbons (Fsp3) is 0.100. The molecule has 146 valence electrons. The maximum Gasteiger partial charge on any atom is 0.336 e. The Morgan fingerprint density at radius 1 is 0.750 bits per heavy atom. The summed E-state index contributed by atoms with van der Waals surface area (Å²) in [6.07, 6.45) is 2.31. The number of benzene rings is 2. The van der Waals surface area contributed by atoms with Gasteiger partial charge in [0.1, 0.15) is 0 Å². The lowest BCUT2D eigenvalue weighted by molar-refractivity contribution is -0.136. The van der Waals surface area contributed by atoms with Gasteiger partial charge < -0.3 is 29.9 Å². The summed E-state index contributed by atoms with van der Waals surface area (Å²) in [6.45, 7) is 0. The average Bonchev–Trinajstić information content (AvgIpc) is 2.66. The summed E-state index contributed by atoms with van der Waals surface area (Å²) in [5.74, 6) is -2.95. The van der Waals surface area contributed by atoms with E-state index in [4.69, 9.17) is 9.47 Å². The zero-order valence-corrected chi connectivity index (χ0v) is 15.0. The number of carbonyl (C=O) groups is 2. The van der Waals surface area contributed by atoms with Crippen molar-refractivity contribution in [1.29, 1.82) is 0 Å². The van der Waals surface area contributed by atoms with Crippen LogP contribution in [0.3, 0.4) is 0 Å². The second-order valence-corrected chi connectivity index (χ2v) is 5.59. The van der Waals surface area contributed by atoms with E-state index in [9.17, 15) is 30.0 Å². The molecule has 0 saturated carbocycles. The van der Waals surface area contributed by atoms with Crippen molar-refractivity contribution in [3.05, 3.63) is 58.7 Å². The molecule has 0 saturated heterocycles. The van der Waals surface area contributed by atoms with E-state index in [1.807, 2.05) is 0 Å². The molecule has 0 unspecified atom stereocenters. The van der Waals surface area contributed by atoms with Crippen LogP contribution in [0.5, 0.6) is 23.0 Å². The quantitative estimate of drug-likeness (QED) is 0.422. The van der Waals surface area contributed by atoms with Crippen molar-refractivity contribution in [3.8, 4) is 23.0 Å². The van der Waals surface area contributed by atoms with Crippen LogP contribution in [-0.2, 0) is 9.59 Å². The van der Waals surface area contributed by atoms with Gasteiger partial charge in [0.15, 0.2) is 23.0 Å². The molecule has 0 atom stereocenters. The van der Waals surface area contributed by atoms with Gasteiger partial charge in [-0.3, -0.25) is 0 Å². The first-order chi connectivity index (χ1) is 13.3. The molecule has 0 spiro atoms. The normalized spacial score (nSPS) is 11.8. The molecular weight excluding hydrogens is 368 g/mol. The molecule has 4 N–H and O–H groups in total. The lowest BCUT2D eigenvalue weighted by Crippen LogP contribution is -2.11. The summed E-state index contributed by atoms with van der Waals surface area (Å²) in [7, 11) is 2.67. The maximum atomic E-state index is 11.7. The van der Waals surface area contributed by atoms with E-state index >= 15 is 0 Å². The molecule has 0 aliphatic carbocycles. The fourth-order valence-corrected chi connectivity index (χ4v) is 2.41. The van der Waals surface area contributed by atoms with Crippen molar-refractivity contribution >= 4 is 24.1 Å². The van der Waals surface area contributed by atoms with Gasteiger partial charge in [0.2, 0.25) is 0 Å². The second-order valence-electron chi connectivity index (χ2n) is 5.59. The minimum atomic E-state index is -1.45. The van der Waals surface area contributed by atoms with E-state index in [0.717, 1.165) is 12.2 Å². The van der Waals surface area contributed by atoms with Crippen LogP contribution in [-0.4, -0.2) is 46.6 Å². The molecule has 28 heavy (non-hydrogen) atoms. The number of methoxy groups -OCH3 is 2. The van der Waals surface area contributed by atoms with Crippen molar-refractivity contribution in [2.24, 2.45) is 0 Å². The highest BCUT2D eigenvalue weighted by atomic mass is 16.5. The molecule has 0 fully saturated rings. The Labute approximate surface area is 160 Å². The monoisotopic (exact) mass is 386 g/mol. The lowest BCUT2D eigenvalue weighted by atomic mass is 10.00. The minimum Gasteiger partial charge on any atom is -0.504 e. The van der Waals surface area contributed by atoms with Crippen molar-refractivity contribution < 1.29 is 39.5 Å². The highest BCUT2D eigenvalue weighted by molar-refractivity contribution is 6.11. The van der Waals surface area contributed by atoms with Gasteiger partial charge in [-0.15, -0.1) is 0 Å². The van der Waals surface area contributed by atoms with Crippen LogP contribution < -0.4 is 9.47 Å². The number of phenols is 2. The maximum absolute atomic E-state index is 11.7. The van der Waals surface area contributed by atoms with Crippen LogP contribution in [0.1, 0.15) is 11.1 Å². The standard InChI is InChI=1S/C20H18O8/c1-27-17-9-11(3-5-15(17)21)7-13(19(23)24)14(20(25)26)8-12-4-6-16(22)18(10-12)28-2/h3-10,21-22H,1-2H3,(H,23,24)(H,25,26). The molecule has 0 aromatic heterocycles. The third kappa shape index (κ3) is 4.61. The van der Waals surface area contributed by atoms with Gasteiger partial charge in [0.05, 0.1) is 25.4 Å². The van der Waals surface area contributed by atoms with Gasteiger partial charge in [-0.25, -0.2) is 9.59 Å². The molecule has 2 aromatic rings. The van der Waals surface area contributed by atoms with Crippen molar-refractivity contribution in [3.63, 3.8) is 0 Å². The Morgan fingerprint density at radius 3 is 1.39 bits per heavy atom. The molecule has 2 aromatic carbocycles. The smallest absolute Gasteiger partial charge is 0.336 e. The summed E-state index contributed by atoms with van der Waals surface area (Å²) in [4.78, 5) is 23.4. The van der Waals surface area contributed by atoms with Crippen molar-refractivity contribution in [2.75, 3.05) is 14.2 Å². The molecule has 0 amide bonds. The van der Waals surface area contributed by atoms with Crippen LogP contribution in [0, 0.1) is 0 Å². The van der Waals surface area contributed by atoms with Crippen LogP contribution in [0.4, 0.5) is 0 Å². The Bertz CT molecular complexity index is 893. The largest absolute Gasteiger partial charge is 0.504 e. The Hall–Kier alpha value is -3.94. The van der Waals surface area contributed by atoms with Crippen LogP contribution >= 0.6 is 0 Å². The second kappa shape index (κ2) is 8.63. The van der Waals surface area contributed by atoms with Crippen molar-refractivity contribution in [2.45, 2.75) is 0 Å². The topological polar surface area (TPSA) is 134 Å². The number of phenolic OH excluding ortho intramolecular Hbond substituents is 2. The molecule has 8 nitrogen and oxygen atoms in total. The number of hydrogen-bond acceptors (Lipinski definition) is 6. The number of carboxylic acid groups (broad SMARTS) is 2. The third-order valence-electron chi connectivity index (χ3n) is 3.78. The van der Waals surface area contributed by atoms with E-state index in [1.165, 1.54) is 50.6 Å². The summed E-state index contributed by atoms with van der Waals surface area (Å²) in [5, 5.41) is 38.4. The summed E-state index contributed by atoms with van der Waals surface area (Å²) in [5.41, 5.74) is -0.315. The zero-order valence-electron chi connectivity index (χ0n) is 15.0. The minimum absolute atomic E-state index is 0.114. The molecule has 8 heteroatoms. The molecule has 0 heterocycles. The van der Waals surface area contributed by atoms with E-state index in [1.54, 1.807) is 0 Å². The Kier molecular flexibility index (Phi) is 6.28. The predicted molar refractivity (Wildman–Crippen MR) is 101 cm³/mol. The SMILES string of the molecule is COc1cc(C=C(C(=O)O)C(=Cc2ccc(O)c(OC)c2)C(=O)O)ccc1O. The van der Waals surface area contributed by atoms with Gasteiger partial charge in [0, 0.05) is 0 Å². The van der Waals surface area contributed by atoms with E-state index < -0.39 is 23.1 Å². The van der Waals surface area contributed by atoms with E-state index in [2.05, 4.69) is 0 Å². The summed E-state index contributed by atoms with van der Waals surface area (Å²) in [6, 6.07) is 8.20. The highest BCUT2D eigenvalue weighted by Gasteiger charge is 2.20. The number of rotatable bonds is 7. The van der Waals surface area contributed by atoms with E-state index in [0.29, 0.717) is 11.1 Å². The van der Waals surface area contributed by atoms with Gasteiger partial charge >= 0.3 is 11.9 Å². The first-order valence-corrected chi connectivity index (χ1v) is 7.91. The first kappa shape index (κ1) is 20.4. The van der Waals surface area contributed by atoms with Crippen LogP contribution in [0.25, 0.3) is 12.2 Å². The summed E-state index contributed by atoms with van der Waals surface area (Å²) < 4.78 is 9.95. The third-order valence-corrected chi connectivity index (χ3v) is 3.78. The molecule has 0 aliphatic heterocycles. The number of hydrogen-bond donors (Lipinski definition) is 4. The van der Waals surface area contributed by atoms with E-state index in [-0.39, 0.29) is 23.0 Å².